The van der Waals surface area contributed by atoms with Gasteiger partial charge in [-0.25, -0.2) is 4.98 Å². The molecule has 0 amide bonds. The van der Waals surface area contributed by atoms with Crippen LogP contribution in [0, 0.1) is 10.1 Å². The molecule has 0 aliphatic heterocycles. The van der Waals surface area contributed by atoms with Crippen molar-refractivity contribution >= 4 is 28.2 Å². The maximum Gasteiger partial charge on any atom is 0.417 e. The molecule has 0 N–H and O–H groups in total. The molecule has 1 aromatic heterocycles. The smallest absolute Gasteiger partial charge is 0.417 e. The third-order valence-corrected chi connectivity index (χ3v) is 2.78. The lowest BCUT2D eigenvalue weighted by Crippen LogP contribution is -2.08. The zero-order valence-corrected chi connectivity index (χ0v) is 10.6. The lowest BCUT2D eigenvalue weighted by atomic mass is 10.1. The van der Waals surface area contributed by atoms with Crippen LogP contribution in [-0.2, 0) is 6.18 Å². The number of nitrogens with zero attached hydrogens (tertiary/aromatic N) is 2. The number of aromatic nitrogens is 1. The highest BCUT2D eigenvalue weighted by Crippen LogP contribution is 2.43. The van der Waals surface area contributed by atoms with Gasteiger partial charge in [-0.2, -0.15) is 13.2 Å². The van der Waals surface area contributed by atoms with E-state index < -0.39 is 32.9 Å². The van der Waals surface area contributed by atoms with Gasteiger partial charge in [0.25, 0.3) is 0 Å². The molecule has 5 nitrogen and oxygen atoms in total. The Labute approximate surface area is 115 Å². The highest BCUT2D eigenvalue weighted by atomic mass is 35.5. The fourth-order valence-electron chi connectivity index (χ4n) is 1.83. The predicted molar refractivity (Wildman–Crippen MR) is 65.0 cm³/mol. The van der Waals surface area contributed by atoms with E-state index in [-0.39, 0.29) is 11.3 Å². The number of benzene rings is 1. The number of rotatable bonds is 2. The molecule has 0 radical (unpaired) electrons. The van der Waals surface area contributed by atoms with Crippen molar-refractivity contribution in [2.45, 2.75) is 6.18 Å². The summed E-state index contributed by atoms with van der Waals surface area (Å²) in [7, 11) is 1.13. The Bertz CT molecular complexity index is 703. The van der Waals surface area contributed by atoms with Crippen molar-refractivity contribution in [2.75, 3.05) is 7.11 Å². The van der Waals surface area contributed by atoms with Crippen LogP contribution in [0.1, 0.15) is 5.56 Å². The summed E-state index contributed by atoms with van der Waals surface area (Å²) in [5, 5.41) is 10.0. The number of nitro benzene ring substituents is 1. The van der Waals surface area contributed by atoms with Crippen molar-refractivity contribution in [1.29, 1.82) is 0 Å². The molecule has 0 saturated carbocycles. The summed E-state index contributed by atoms with van der Waals surface area (Å²) in [6.45, 7) is 0. The Hall–Kier alpha value is -2.09. The number of halogens is 4. The third kappa shape index (κ3) is 2.34. The van der Waals surface area contributed by atoms with Crippen LogP contribution in [0.25, 0.3) is 10.9 Å². The van der Waals surface area contributed by atoms with Crippen molar-refractivity contribution in [1.82, 2.24) is 4.98 Å². The average molecular weight is 307 g/mol. The van der Waals surface area contributed by atoms with E-state index in [1.54, 1.807) is 0 Å². The van der Waals surface area contributed by atoms with Crippen molar-refractivity contribution in [3.05, 3.63) is 39.0 Å². The monoisotopic (exact) mass is 306 g/mol. The van der Waals surface area contributed by atoms with E-state index in [9.17, 15) is 23.3 Å². The molecule has 2 rings (SSSR count). The van der Waals surface area contributed by atoms with Crippen LogP contribution >= 0.6 is 11.6 Å². The molecule has 0 bridgehead atoms. The summed E-state index contributed by atoms with van der Waals surface area (Å²) in [4.78, 5) is 13.8. The Morgan fingerprint density at radius 2 is 2.05 bits per heavy atom. The summed E-state index contributed by atoms with van der Waals surface area (Å²) in [6.07, 6.45) is -4.80. The van der Waals surface area contributed by atoms with Gasteiger partial charge < -0.3 is 4.74 Å². The number of pyridine rings is 1. The second kappa shape index (κ2) is 4.78. The second-order valence-electron chi connectivity index (χ2n) is 3.76. The maximum absolute atomic E-state index is 13.0. The molecule has 20 heavy (non-hydrogen) atoms. The molecule has 0 saturated heterocycles. The third-order valence-electron chi connectivity index (χ3n) is 2.59. The lowest BCUT2D eigenvalue weighted by molar-refractivity contribution is -0.384. The Balaban J connectivity index is 3.01. The number of hydrogen-bond donors (Lipinski definition) is 0. The number of fused-ring (bicyclic) bond motifs is 1. The van der Waals surface area contributed by atoms with Crippen LogP contribution < -0.4 is 4.74 Å². The first-order valence-corrected chi connectivity index (χ1v) is 5.52. The summed E-state index contributed by atoms with van der Waals surface area (Å²) in [6, 6.07) is 2.91. The molecule has 0 aliphatic carbocycles. The average Bonchev–Trinajstić information content (AvgIpc) is 2.34. The van der Waals surface area contributed by atoms with Crippen molar-refractivity contribution in [2.24, 2.45) is 0 Å². The number of hydrogen-bond acceptors (Lipinski definition) is 4. The molecule has 0 spiro atoms. The first kappa shape index (κ1) is 14.3. The standard InChI is InChI=1S/C11H6ClF3N2O3/c1-20-7-3-2-6-9(10(7)17(18)19)5(11(13,14)15)4-8(12)16-6/h2-4H,1H3. The molecule has 106 valence electrons. The second-order valence-corrected chi connectivity index (χ2v) is 4.15. The molecule has 1 heterocycles. The summed E-state index contributed by atoms with van der Waals surface area (Å²) in [5.41, 5.74) is -2.24. The molecular formula is C11H6ClF3N2O3. The lowest BCUT2D eigenvalue weighted by Gasteiger charge is -2.12. The van der Waals surface area contributed by atoms with Crippen LogP contribution in [-0.4, -0.2) is 17.0 Å². The summed E-state index contributed by atoms with van der Waals surface area (Å²) in [5.74, 6) is -0.280. The van der Waals surface area contributed by atoms with Crippen LogP contribution in [0.5, 0.6) is 5.75 Å². The van der Waals surface area contributed by atoms with E-state index in [2.05, 4.69) is 4.98 Å². The van der Waals surface area contributed by atoms with Gasteiger partial charge in [0.2, 0.25) is 0 Å². The van der Waals surface area contributed by atoms with Crippen LogP contribution in [0.4, 0.5) is 18.9 Å². The maximum atomic E-state index is 13.0. The van der Waals surface area contributed by atoms with Gasteiger partial charge >= 0.3 is 11.9 Å². The van der Waals surface area contributed by atoms with Crippen molar-refractivity contribution in [3.8, 4) is 5.75 Å². The van der Waals surface area contributed by atoms with Gasteiger partial charge in [0.15, 0.2) is 5.75 Å². The predicted octanol–water partition coefficient (Wildman–Crippen LogP) is 3.82. The zero-order chi connectivity index (χ0) is 15.1. The number of nitro groups is 1. The quantitative estimate of drug-likeness (QED) is 0.480. The van der Waals surface area contributed by atoms with Crippen LogP contribution in [0.3, 0.4) is 0 Å². The van der Waals surface area contributed by atoms with E-state index in [1.807, 2.05) is 0 Å². The van der Waals surface area contributed by atoms with E-state index in [0.717, 1.165) is 7.11 Å². The normalized spacial score (nSPS) is 11.7. The largest absolute Gasteiger partial charge is 0.490 e. The topological polar surface area (TPSA) is 65.3 Å². The fraction of sp³-hybridized carbons (Fsp3) is 0.182. The highest BCUT2D eigenvalue weighted by molar-refractivity contribution is 6.30. The first-order valence-electron chi connectivity index (χ1n) is 5.14. The van der Waals surface area contributed by atoms with Gasteiger partial charge in [-0.3, -0.25) is 10.1 Å². The minimum Gasteiger partial charge on any atom is -0.490 e. The van der Waals surface area contributed by atoms with Crippen molar-refractivity contribution < 1.29 is 22.8 Å². The molecule has 0 aliphatic rings. The van der Waals surface area contributed by atoms with Gasteiger partial charge in [-0.05, 0) is 18.2 Å². The number of alkyl halides is 3. The van der Waals surface area contributed by atoms with E-state index in [1.165, 1.54) is 12.1 Å². The van der Waals surface area contributed by atoms with Gasteiger partial charge in [0.05, 0.1) is 28.5 Å². The Kier molecular flexibility index (Phi) is 3.43. The molecule has 0 atom stereocenters. The minimum absolute atomic E-state index is 0.225. The number of methoxy groups -OCH3 is 1. The summed E-state index contributed by atoms with van der Waals surface area (Å²) >= 11 is 5.52. The Morgan fingerprint density at radius 3 is 2.55 bits per heavy atom. The van der Waals surface area contributed by atoms with Gasteiger partial charge in [0.1, 0.15) is 5.15 Å². The highest BCUT2D eigenvalue weighted by Gasteiger charge is 2.37. The molecule has 9 heteroatoms. The van der Waals surface area contributed by atoms with Gasteiger partial charge in [0, 0.05) is 0 Å². The molecule has 0 fully saturated rings. The van der Waals surface area contributed by atoms with E-state index in [4.69, 9.17) is 16.3 Å². The summed E-state index contributed by atoms with van der Waals surface area (Å²) < 4.78 is 43.8. The van der Waals surface area contributed by atoms with Crippen LogP contribution in [0.2, 0.25) is 5.15 Å². The fourth-order valence-corrected chi connectivity index (χ4v) is 2.03. The molecule has 0 unspecified atom stereocenters. The SMILES string of the molecule is COc1ccc2nc(Cl)cc(C(F)(F)F)c2c1[N+](=O)[O-]. The van der Waals surface area contributed by atoms with Crippen LogP contribution in [0.15, 0.2) is 18.2 Å². The van der Waals surface area contributed by atoms with Gasteiger partial charge in [-0.15, -0.1) is 0 Å². The minimum atomic E-state index is -4.80. The van der Waals surface area contributed by atoms with Gasteiger partial charge in [-0.1, -0.05) is 11.6 Å². The number of ether oxygens (including phenoxy) is 1. The van der Waals surface area contributed by atoms with Crippen molar-refractivity contribution in [3.63, 3.8) is 0 Å². The zero-order valence-electron chi connectivity index (χ0n) is 9.86. The Morgan fingerprint density at radius 1 is 1.40 bits per heavy atom. The first-order chi connectivity index (χ1) is 9.25. The molecular weight excluding hydrogens is 301 g/mol. The molecule has 1 aromatic carbocycles. The molecule has 2 aromatic rings. The van der Waals surface area contributed by atoms with E-state index in [0.29, 0.717) is 6.07 Å². The van der Waals surface area contributed by atoms with E-state index >= 15 is 0 Å².